The molecule has 0 aliphatic rings. The molecular weight excluding hydrogens is 208 g/mol. The monoisotopic (exact) mass is 230 g/mol. The summed E-state index contributed by atoms with van der Waals surface area (Å²) in [6.07, 6.45) is 1.98. The largest absolute Gasteiger partial charge is 0.480 e. The normalized spacial score (nSPS) is 14.0. The zero-order chi connectivity index (χ0) is 12.7. The fourth-order valence-electron chi connectivity index (χ4n) is 1.42. The third-order valence-electron chi connectivity index (χ3n) is 2.54. The molecule has 2 amide bonds. The van der Waals surface area contributed by atoms with Crippen molar-refractivity contribution in [3.63, 3.8) is 0 Å². The van der Waals surface area contributed by atoms with Gasteiger partial charge in [-0.05, 0) is 19.3 Å². The predicted molar refractivity (Wildman–Crippen MR) is 62.3 cm³/mol. The molecule has 0 aliphatic heterocycles. The van der Waals surface area contributed by atoms with Gasteiger partial charge in [-0.3, -0.25) is 4.79 Å². The van der Waals surface area contributed by atoms with Crippen LogP contribution in [0.5, 0.6) is 0 Å². The molecule has 0 saturated carbocycles. The van der Waals surface area contributed by atoms with Crippen molar-refractivity contribution in [2.45, 2.75) is 39.7 Å². The minimum absolute atomic E-state index is 0.0682. The van der Waals surface area contributed by atoms with Crippen LogP contribution in [0.3, 0.4) is 0 Å². The first-order valence-corrected chi connectivity index (χ1v) is 5.60. The van der Waals surface area contributed by atoms with Gasteiger partial charge in [0.2, 0.25) is 0 Å². The number of urea groups is 1. The summed E-state index contributed by atoms with van der Waals surface area (Å²) in [5.41, 5.74) is 0. The molecule has 2 unspecified atom stereocenters. The van der Waals surface area contributed by atoms with Crippen molar-refractivity contribution in [1.82, 2.24) is 10.2 Å². The average molecular weight is 230 g/mol. The van der Waals surface area contributed by atoms with Gasteiger partial charge in [-0.1, -0.05) is 20.3 Å². The number of aliphatic carboxylic acids is 1. The summed E-state index contributed by atoms with van der Waals surface area (Å²) in [5, 5.41) is 11.3. The maximum Gasteiger partial charge on any atom is 0.323 e. The molecule has 0 aromatic carbocycles. The van der Waals surface area contributed by atoms with Gasteiger partial charge < -0.3 is 15.3 Å². The van der Waals surface area contributed by atoms with Gasteiger partial charge in [0.15, 0.2) is 0 Å². The Morgan fingerprint density at radius 3 is 2.38 bits per heavy atom. The van der Waals surface area contributed by atoms with Crippen molar-refractivity contribution in [3.05, 3.63) is 0 Å². The quantitative estimate of drug-likeness (QED) is 0.727. The number of carbonyl (C=O) groups is 2. The minimum Gasteiger partial charge on any atom is -0.480 e. The van der Waals surface area contributed by atoms with Crippen LogP contribution < -0.4 is 5.32 Å². The third kappa shape index (κ3) is 6.27. The van der Waals surface area contributed by atoms with Crippen LogP contribution in [0.1, 0.15) is 33.6 Å². The summed E-state index contributed by atoms with van der Waals surface area (Å²) in [7, 11) is 1.47. The van der Waals surface area contributed by atoms with Gasteiger partial charge in [0.25, 0.3) is 0 Å². The molecule has 0 aromatic rings. The minimum atomic E-state index is -1.01. The highest BCUT2D eigenvalue weighted by Crippen LogP contribution is 2.09. The number of carboxylic acid groups (broad SMARTS) is 1. The topological polar surface area (TPSA) is 69.6 Å². The van der Waals surface area contributed by atoms with Gasteiger partial charge in [0.1, 0.15) is 6.54 Å². The number of nitrogens with zero attached hydrogens (tertiary/aromatic N) is 1. The van der Waals surface area contributed by atoms with Gasteiger partial charge in [0, 0.05) is 13.1 Å². The summed E-state index contributed by atoms with van der Waals surface area (Å²) in [6.45, 7) is 5.89. The number of carbonyl (C=O) groups excluding carboxylic acids is 1. The zero-order valence-corrected chi connectivity index (χ0v) is 10.5. The van der Waals surface area contributed by atoms with Crippen LogP contribution in [0.15, 0.2) is 0 Å². The van der Waals surface area contributed by atoms with Gasteiger partial charge in [-0.25, -0.2) is 4.79 Å². The molecule has 0 aliphatic carbocycles. The van der Waals surface area contributed by atoms with E-state index in [1.807, 2.05) is 6.92 Å². The number of hydrogen-bond acceptors (Lipinski definition) is 2. The fraction of sp³-hybridized carbons (Fsp3) is 0.818. The molecule has 94 valence electrons. The maximum absolute atomic E-state index is 11.5. The van der Waals surface area contributed by atoms with E-state index < -0.39 is 5.97 Å². The Morgan fingerprint density at radius 1 is 1.38 bits per heavy atom. The van der Waals surface area contributed by atoms with Gasteiger partial charge >= 0.3 is 12.0 Å². The lowest BCUT2D eigenvalue weighted by atomic mass is 10.0. The number of hydrogen-bond donors (Lipinski definition) is 2. The Labute approximate surface area is 96.8 Å². The molecule has 0 saturated heterocycles. The molecule has 0 rings (SSSR count). The Kier molecular flexibility index (Phi) is 6.53. The van der Waals surface area contributed by atoms with Crippen LogP contribution in [0.2, 0.25) is 0 Å². The smallest absolute Gasteiger partial charge is 0.323 e. The van der Waals surface area contributed by atoms with E-state index in [-0.39, 0.29) is 18.6 Å². The average Bonchev–Trinajstić information content (AvgIpc) is 2.16. The Balaban J connectivity index is 3.98. The van der Waals surface area contributed by atoms with E-state index in [0.717, 1.165) is 17.7 Å². The van der Waals surface area contributed by atoms with Gasteiger partial charge in [-0.2, -0.15) is 0 Å². The summed E-state index contributed by atoms with van der Waals surface area (Å²) in [6, 6.07) is -0.267. The van der Waals surface area contributed by atoms with E-state index in [0.29, 0.717) is 5.92 Å². The molecule has 0 aromatic heterocycles. The van der Waals surface area contributed by atoms with E-state index in [1.165, 1.54) is 7.05 Å². The second kappa shape index (κ2) is 7.09. The molecule has 0 spiro atoms. The van der Waals surface area contributed by atoms with E-state index in [2.05, 4.69) is 19.2 Å². The second-order valence-corrected chi connectivity index (χ2v) is 4.35. The molecule has 0 bridgehead atoms. The number of amides is 2. The third-order valence-corrected chi connectivity index (χ3v) is 2.54. The first-order chi connectivity index (χ1) is 7.36. The lowest BCUT2D eigenvalue weighted by Crippen LogP contribution is -2.44. The van der Waals surface area contributed by atoms with Crippen molar-refractivity contribution in [3.8, 4) is 0 Å². The highest BCUT2D eigenvalue weighted by Gasteiger charge is 2.15. The number of rotatable bonds is 6. The van der Waals surface area contributed by atoms with Crippen LogP contribution in [-0.2, 0) is 4.79 Å². The van der Waals surface area contributed by atoms with Crippen molar-refractivity contribution < 1.29 is 14.7 Å². The van der Waals surface area contributed by atoms with Crippen LogP contribution in [-0.4, -0.2) is 41.6 Å². The van der Waals surface area contributed by atoms with Crippen LogP contribution in [0, 0.1) is 5.92 Å². The summed E-state index contributed by atoms with van der Waals surface area (Å²) in [4.78, 5) is 23.1. The zero-order valence-electron chi connectivity index (χ0n) is 10.5. The molecule has 16 heavy (non-hydrogen) atoms. The second-order valence-electron chi connectivity index (χ2n) is 4.35. The Hall–Kier alpha value is -1.26. The van der Waals surface area contributed by atoms with Crippen LogP contribution in [0.4, 0.5) is 4.79 Å². The fourth-order valence-corrected chi connectivity index (χ4v) is 1.42. The summed E-state index contributed by atoms with van der Waals surface area (Å²) >= 11 is 0. The lowest BCUT2D eigenvalue weighted by molar-refractivity contribution is -0.137. The molecule has 5 nitrogen and oxygen atoms in total. The number of likely N-dealkylation sites (N-methyl/N-ethyl adjacent to an activating group) is 1. The molecular formula is C11H22N2O3. The molecule has 2 N–H and O–H groups in total. The molecule has 5 heteroatoms. The van der Waals surface area contributed by atoms with Crippen LogP contribution >= 0.6 is 0 Å². The maximum atomic E-state index is 11.5. The predicted octanol–water partition coefficient (Wildman–Crippen LogP) is 1.54. The lowest BCUT2D eigenvalue weighted by Gasteiger charge is -2.21. The summed E-state index contributed by atoms with van der Waals surface area (Å²) < 4.78 is 0. The molecule has 0 heterocycles. The van der Waals surface area contributed by atoms with E-state index >= 15 is 0 Å². The molecule has 2 atom stereocenters. The first-order valence-electron chi connectivity index (χ1n) is 5.60. The van der Waals surface area contributed by atoms with E-state index in [4.69, 9.17) is 5.11 Å². The van der Waals surface area contributed by atoms with E-state index in [9.17, 15) is 9.59 Å². The number of nitrogens with one attached hydrogen (secondary N) is 1. The number of carboxylic acids is 1. The van der Waals surface area contributed by atoms with Crippen molar-refractivity contribution in [1.29, 1.82) is 0 Å². The van der Waals surface area contributed by atoms with Crippen molar-refractivity contribution >= 4 is 12.0 Å². The van der Waals surface area contributed by atoms with Crippen LogP contribution in [0.25, 0.3) is 0 Å². The SMILES string of the molecule is CCC(C)CC(C)NC(=O)N(C)CC(=O)O. The van der Waals surface area contributed by atoms with E-state index in [1.54, 1.807) is 0 Å². The van der Waals surface area contributed by atoms with Crippen molar-refractivity contribution in [2.75, 3.05) is 13.6 Å². The Bertz CT molecular complexity index is 243. The first kappa shape index (κ1) is 14.7. The highest BCUT2D eigenvalue weighted by molar-refractivity contribution is 5.79. The highest BCUT2D eigenvalue weighted by atomic mass is 16.4. The summed E-state index contributed by atoms with van der Waals surface area (Å²) in [5.74, 6) is -0.452. The molecule has 0 fully saturated rings. The van der Waals surface area contributed by atoms with Gasteiger partial charge in [-0.15, -0.1) is 0 Å². The molecule has 0 radical (unpaired) electrons. The van der Waals surface area contributed by atoms with Crippen molar-refractivity contribution in [2.24, 2.45) is 5.92 Å². The Morgan fingerprint density at radius 2 is 1.94 bits per heavy atom. The van der Waals surface area contributed by atoms with Gasteiger partial charge in [0.05, 0.1) is 0 Å². The standard InChI is InChI=1S/C11H22N2O3/c1-5-8(2)6-9(3)12-11(16)13(4)7-10(14)15/h8-9H,5-7H2,1-4H3,(H,12,16)(H,14,15).